The Balaban J connectivity index is 1.97. The second-order valence-electron chi connectivity index (χ2n) is 6.01. The molecule has 22 heavy (non-hydrogen) atoms. The second-order valence-corrected chi connectivity index (χ2v) is 7.36. The maximum atomic E-state index is 4.13. The summed E-state index contributed by atoms with van der Waals surface area (Å²) in [5, 5.41) is 7.26. The van der Waals surface area contributed by atoms with Gasteiger partial charge >= 0.3 is 14.0 Å². The van der Waals surface area contributed by atoms with E-state index in [0.717, 1.165) is 5.82 Å². The molecule has 113 valence electrons. The van der Waals surface area contributed by atoms with Crippen LogP contribution in [0.3, 0.4) is 0 Å². The monoisotopic (exact) mass is 310 g/mol. The van der Waals surface area contributed by atoms with Crippen LogP contribution in [0.1, 0.15) is 13.8 Å². The van der Waals surface area contributed by atoms with Crippen molar-refractivity contribution in [1.29, 1.82) is 0 Å². The van der Waals surface area contributed by atoms with E-state index in [1.54, 1.807) is 0 Å². The number of para-hydroxylation sites is 1. The highest BCUT2D eigenvalue weighted by Crippen LogP contribution is 2.26. The Labute approximate surface area is 135 Å². The Morgan fingerprint density at radius 3 is 2.32 bits per heavy atom. The maximum Gasteiger partial charge on any atom is 0.323 e. The Bertz CT molecular complexity index is 595. The molecular weight excluding hydrogens is 288 g/mol. The maximum absolute atomic E-state index is 4.13. The van der Waals surface area contributed by atoms with E-state index in [0.29, 0.717) is 20.0 Å². The third kappa shape index (κ3) is 2.68. The van der Waals surface area contributed by atoms with Crippen molar-refractivity contribution in [3.63, 3.8) is 0 Å². The SMILES string of the molecule is CB1N(c2ccccc2)[SiH]N(c2ccn[nH]2)B(C)N1C(C)C. The molecule has 0 amide bonds. The lowest BCUT2D eigenvalue weighted by atomic mass is 9.60. The Kier molecular flexibility index (Phi) is 4.31. The number of hydrogen-bond acceptors (Lipinski definition) is 4. The lowest BCUT2D eigenvalue weighted by Crippen LogP contribution is -2.73. The van der Waals surface area contributed by atoms with Gasteiger partial charge in [-0.15, -0.1) is 0 Å². The highest BCUT2D eigenvalue weighted by molar-refractivity contribution is 6.92. The molecule has 3 rings (SSSR count). The van der Waals surface area contributed by atoms with Gasteiger partial charge in [-0.3, -0.25) is 5.10 Å². The highest BCUT2D eigenvalue weighted by atomic mass is 28.2. The number of benzene rings is 1. The van der Waals surface area contributed by atoms with E-state index < -0.39 is 0 Å². The molecule has 1 N–H and O–H groups in total. The summed E-state index contributed by atoms with van der Waals surface area (Å²) in [6.07, 6.45) is 1.83. The van der Waals surface area contributed by atoms with Gasteiger partial charge in [-0.05, 0) is 24.2 Å². The largest absolute Gasteiger partial charge is 0.416 e. The van der Waals surface area contributed by atoms with Crippen LogP contribution in [0.25, 0.3) is 0 Å². The van der Waals surface area contributed by atoms with Crippen LogP contribution in [0, 0.1) is 0 Å². The van der Waals surface area contributed by atoms with Crippen molar-refractivity contribution < 1.29 is 0 Å². The Hall–Kier alpha value is -1.66. The molecule has 0 aliphatic carbocycles. The first kappa shape index (κ1) is 15.2. The zero-order valence-electron chi connectivity index (χ0n) is 13.6. The number of nitrogens with zero attached hydrogens (tertiary/aromatic N) is 4. The predicted molar refractivity (Wildman–Crippen MR) is 97.3 cm³/mol. The molecule has 2 aromatic rings. The lowest BCUT2D eigenvalue weighted by Gasteiger charge is -2.51. The van der Waals surface area contributed by atoms with E-state index in [2.05, 4.69) is 87.8 Å². The van der Waals surface area contributed by atoms with Crippen LogP contribution >= 0.6 is 0 Å². The summed E-state index contributed by atoms with van der Waals surface area (Å²) in [6.45, 7) is 9.86. The first-order valence-corrected chi connectivity index (χ1v) is 8.86. The third-order valence-corrected chi connectivity index (χ3v) is 6.27. The molecule has 1 aliphatic rings. The number of anilines is 2. The summed E-state index contributed by atoms with van der Waals surface area (Å²) < 4.78 is 7.51. The zero-order valence-corrected chi connectivity index (χ0v) is 14.8. The van der Waals surface area contributed by atoms with E-state index in [1.165, 1.54) is 5.69 Å². The second kappa shape index (κ2) is 6.22. The first-order chi connectivity index (χ1) is 10.6. The fraction of sp³-hybridized carbons (Fsp3) is 0.357. The molecule has 1 radical (unpaired) electrons. The molecule has 1 aromatic heterocycles. The van der Waals surface area contributed by atoms with Crippen LogP contribution in [0.15, 0.2) is 42.6 Å². The van der Waals surface area contributed by atoms with Gasteiger partial charge in [0.15, 0.2) is 0 Å². The smallest absolute Gasteiger partial charge is 0.323 e. The summed E-state index contributed by atoms with van der Waals surface area (Å²) in [5.74, 6) is 1.10. The van der Waals surface area contributed by atoms with Gasteiger partial charge in [0.05, 0.1) is 6.20 Å². The average molecular weight is 310 g/mol. The van der Waals surface area contributed by atoms with E-state index >= 15 is 0 Å². The van der Waals surface area contributed by atoms with Gasteiger partial charge in [-0.2, -0.15) is 5.10 Å². The third-order valence-electron chi connectivity index (χ3n) is 4.33. The minimum absolute atomic E-state index is 0.0434. The molecule has 0 unspecified atom stereocenters. The minimum Gasteiger partial charge on any atom is -0.416 e. The fourth-order valence-electron chi connectivity index (χ4n) is 3.33. The molecule has 8 heteroatoms. The lowest BCUT2D eigenvalue weighted by molar-refractivity contribution is 0.523. The fourth-order valence-corrected chi connectivity index (χ4v) is 4.86. The van der Waals surface area contributed by atoms with Crippen molar-refractivity contribution in [2.45, 2.75) is 33.5 Å². The van der Waals surface area contributed by atoms with E-state index in [1.807, 2.05) is 6.20 Å². The highest BCUT2D eigenvalue weighted by Gasteiger charge is 2.43. The molecule has 0 saturated carbocycles. The molecular formula is C14H22B2N5Si. The van der Waals surface area contributed by atoms with Crippen LogP contribution < -0.4 is 8.95 Å². The molecule has 1 fully saturated rings. The molecule has 0 atom stereocenters. The number of aromatic nitrogens is 2. The van der Waals surface area contributed by atoms with Crippen molar-refractivity contribution in [3.8, 4) is 0 Å². The van der Waals surface area contributed by atoms with E-state index in [4.69, 9.17) is 0 Å². The molecule has 1 aromatic carbocycles. The minimum atomic E-state index is -0.0434. The van der Waals surface area contributed by atoms with Gasteiger partial charge in [-0.1, -0.05) is 45.7 Å². The van der Waals surface area contributed by atoms with Crippen molar-refractivity contribution in [2.75, 3.05) is 8.95 Å². The van der Waals surface area contributed by atoms with Gasteiger partial charge in [0.1, 0.15) is 5.82 Å². The normalized spacial score (nSPS) is 16.8. The number of aromatic amines is 1. The van der Waals surface area contributed by atoms with Crippen LogP contribution in [0.2, 0.25) is 13.6 Å². The van der Waals surface area contributed by atoms with Gasteiger partial charge in [0, 0.05) is 5.69 Å². The summed E-state index contributed by atoms with van der Waals surface area (Å²) in [5.41, 5.74) is 1.28. The van der Waals surface area contributed by atoms with E-state index in [9.17, 15) is 0 Å². The first-order valence-electron chi connectivity index (χ1n) is 7.83. The summed E-state index contributed by atoms with van der Waals surface area (Å²) in [4.78, 5) is 0. The predicted octanol–water partition coefficient (Wildman–Crippen LogP) is 1.95. The van der Waals surface area contributed by atoms with Crippen LogP contribution in [-0.2, 0) is 0 Å². The standard InChI is InChI=1S/C14H22B2N5Si/c1-12(2)19-15(3)20(13-8-6-5-7-9-13)22-21(16(19)4)14-10-11-17-18-14/h5-12,22H,1-4H3,(H,17,18). The van der Waals surface area contributed by atoms with Gasteiger partial charge in [-0.25, -0.2) is 0 Å². The number of H-pyrrole nitrogens is 1. The van der Waals surface area contributed by atoms with Crippen molar-refractivity contribution >= 4 is 35.3 Å². The van der Waals surface area contributed by atoms with E-state index in [-0.39, 0.29) is 9.84 Å². The topological polar surface area (TPSA) is 38.4 Å². The average Bonchev–Trinajstić information content (AvgIpc) is 3.02. The number of rotatable bonds is 3. The van der Waals surface area contributed by atoms with Crippen LogP contribution in [0.5, 0.6) is 0 Å². The molecule has 0 bridgehead atoms. The van der Waals surface area contributed by atoms with Gasteiger partial charge in [0.25, 0.3) is 9.84 Å². The molecule has 2 heterocycles. The van der Waals surface area contributed by atoms with Gasteiger partial charge < -0.3 is 13.7 Å². The van der Waals surface area contributed by atoms with Crippen molar-refractivity contribution in [1.82, 2.24) is 14.9 Å². The van der Waals surface area contributed by atoms with Crippen molar-refractivity contribution in [2.24, 2.45) is 0 Å². The molecule has 0 spiro atoms. The molecule has 5 nitrogen and oxygen atoms in total. The number of nitrogens with one attached hydrogen (secondary N) is 1. The van der Waals surface area contributed by atoms with Gasteiger partial charge in [0.2, 0.25) is 0 Å². The quantitative estimate of drug-likeness (QED) is 0.880. The van der Waals surface area contributed by atoms with Crippen molar-refractivity contribution in [3.05, 3.63) is 42.6 Å². The zero-order chi connectivity index (χ0) is 15.7. The van der Waals surface area contributed by atoms with Crippen LogP contribution in [-0.4, -0.2) is 44.8 Å². The van der Waals surface area contributed by atoms with Crippen LogP contribution in [0.4, 0.5) is 11.5 Å². The Morgan fingerprint density at radius 2 is 1.73 bits per heavy atom. The summed E-state index contributed by atoms with van der Waals surface area (Å²) >= 11 is 0. The Morgan fingerprint density at radius 1 is 1.05 bits per heavy atom. The summed E-state index contributed by atoms with van der Waals surface area (Å²) in [7, 11) is -0.0434. The summed E-state index contributed by atoms with van der Waals surface area (Å²) in [6, 6.07) is 13.2. The molecule has 1 aliphatic heterocycles. The number of hydrogen-bond donors (Lipinski definition) is 1. The molecule has 1 saturated heterocycles.